The van der Waals surface area contributed by atoms with Crippen molar-refractivity contribution in [2.75, 3.05) is 24.8 Å². The van der Waals surface area contributed by atoms with Gasteiger partial charge >= 0.3 is 0 Å². The second kappa shape index (κ2) is 8.73. The van der Waals surface area contributed by atoms with E-state index in [0.29, 0.717) is 6.61 Å². The molecular formula is C18H19N3O2S2. The van der Waals surface area contributed by atoms with Gasteiger partial charge in [-0.3, -0.25) is 0 Å². The van der Waals surface area contributed by atoms with Crippen molar-refractivity contribution in [3.63, 3.8) is 0 Å². The van der Waals surface area contributed by atoms with Gasteiger partial charge in [-0.1, -0.05) is 52.9 Å². The summed E-state index contributed by atoms with van der Waals surface area (Å²) in [6.45, 7) is 2.69. The second-order valence-electron chi connectivity index (χ2n) is 5.21. The van der Waals surface area contributed by atoms with Gasteiger partial charge in [0.2, 0.25) is 5.13 Å². The Labute approximate surface area is 155 Å². The molecule has 0 bridgehead atoms. The predicted molar refractivity (Wildman–Crippen MR) is 104 cm³/mol. The first kappa shape index (κ1) is 17.6. The molecule has 2 aromatic carbocycles. The van der Waals surface area contributed by atoms with E-state index in [1.807, 2.05) is 48.5 Å². The number of hydrogen-bond acceptors (Lipinski definition) is 7. The van der Waals surface area contributed by atoms with Crippen molar-refractivity contribution in [3.8, 4) is 11.5 Å². The number of anilines is 2. The Hall–Kier alpha value is -2.25. The second-order valence-corrected chi connectivity index (χ2v) is 7.53. The first-order valence-corrected chi connectivity index (χ1v) is 9.60. The first-order chi connectivity index (χ1) is 12.2. The molecule has 0 fully saturated rings. The molecule has 5 nitrogen and oxygen atoms in total. The van der Waals surface area contributed by atoms with E-state index in [0.717, 1.165) is 32.4 Å². The zero-order chi connectivity index (χ0) is 17.5. The van der Waals surface area contributed by atoms with Gasteiger partial charge in [0.15, 0.2) is 4.34 Å². The molecule has 0 aliphatic carbocycles. The Morgan fingerprint density at radius 1 is 1.08 bits per heavy atom. The van der Waals surface area contributed by atoms with Gasteiger partial charge in [0.05, 0.1) is 19.4 Å². The zero-order valence-corrected chi connectivity index (χ0v) is 15.7. The molecule has 25 heavy (non-hydrogen) atoms. The highest BCUT2D eigenvalue weighted by atomic mass is 32.2. The number of aromatic nitrogens is 2. The third-order valence-corrected chi connectivity index (χ3v) is 5.29. The summed E-state index contributed by atoms with van der Waals surface area (Å²) in [4.78, 5) is 0. The lowest BCUT2D eigenvalue weighted by Crippen LogP contribution is -1.99. The molecular weight excluding hydrogens is 354 g/mol. The van der Waals surface area contributed by atoms with Crippen LogP contribution in [0.2, 0.25) is 0 Å². The van der Waals surface area contributed by atoms with Gasteiger partial charge in [0, 0.05) is 5.75 Å². The quantitative estimate of drug-likeness (QED) is 0.453. The van der Waals surface area contributed by atoms with Gasteiger partial charge in [-0.05, 0) is 31.2 Å². The number of nitrogens with zero attached hydrogens (tertiary/aromatic N) is 2. The largest absolute Gasteiger partial charge is 0.495 e. The summed E-state index contributed by atoms with van der Waals surface area (Å²) in [5.74, 6) is 2.48. The Kier molecular flexibility index (Phi) is 6.14. The Balaban J connectivity index is 1.47. The molecule has 3 rings (SSSR count). The van der Waals surface area contributed by atoms with E-state index in [-0.39, 0.29) is 0 Å². The highest BCUT2D eigenvalue weighted by Crippen LogP contribution is 2.31. The van der Waals surface area contributed by atoms with Crippen LogP contribution >= 0.6 is 23.1 Å². The minimum Gasteiger partial charge on any atom is -0.495 e. The monoisotopic (exact) mass is 373 g/mol. The molecule has 0 saturated carbocycles. The van der Waals surface area contributed by atoms with Crippen molar-refractivity contribution in [1.29, 1.82) is 0 Å². The molecule has 0 radical (unpaired) electrons. The molecule has 1 aromatic heterocycles. The van der Waals surface area contributed by atoms with E-state index < -0.39 is 0 Å². The van der Waals surface area contributed by atoms with Gasteiger partial charge in [-0.25, -0.2) is 0 Å². The fourth-order valence-corrected chi connectivity index (χ4v) is 3.76. The number of rotatable bonds is 8. The van der Waals surface area contributed by atoms with Crippen molar-refractivity contribution < 1.29 is 9.47 Å². The Bertz CT molecular complexity index is 806. The van der Waals surface area contributed by atoms with Crippen molar-refractivity contribution in [1.82, 2.24) is 10.2 Å². The number of methoxy groups -OCH3 is 1. The molecule has 1 N–H and O–H groups in total. The fourth-order valence-electron chi connectivity index (χ4n) is 2.10. The van der Waals surface area contributed by atoms with Gasteiger partial charge in [0.1, 0.15) is 11.5 Å². The normalized spacial score (nSPS) is 10.5. The van der Waals surface area contributed by atoms with Crippen LogP contribution in [-0.2, 0) is 0 Å². The van der Waals surface area contributed by atoms with E-state index in [1.165, 1.54) is 16.9 Å². The lowest BCUT2D eigenvalue weighted by atomic mass is 10.2. The standard InChI is InChI=1S/C18H19N3O2S2/c1-13-7-9-14(10-8-13)23-11-12-24-18-21-20-17(25-18)19-15-5-3-4-6-16(15)22-2/h3-10H,11-12H2,1-2H3,(H,19,20). The smallest absolute Gasteiger partial charge is 0.210 e. The molecule has 1 heterocycles. The van der Waals surface area contributed by atoms with Gasteiger partial charge in [-0.15, -0.1) is 10.2 Å². The maximum atomic E-state index is 5.72. The van der Waals surface area contributed by atoms with Crippen LogP contribution in [0.5, 0.6) is 11.5 Å². The van der Waals surface area contributed by atoms with Crippen LogP contribution in [0.15, 0.2) is 52.9 Å². The molecule has 130 valence electrons. The highest BCUT2D eigenvalue weighted by Gasteiger charge is 2.08. The third kappa shape index (κ3) is 5.11. The SMILES string of the molecule is COc1ccccc1Nc1nnc(SCCOc2ccc(C)cc2)s1. The fraction of sp³-hybridized carbons (Fsp3) is 0.222. The number of nitrogens with one attached hydrogen (secondary N) is 1. The van der Waals surface area contributed by atoms with Crippen LogP contribution in [0.3, 0.4) is 0 Å². The van der Waals surface area contributed by atoms with Crippen molar-refractivity contribution >= 4 is 33.9 Å². The summed E-state index contributed by atoms with van der Waals surface area (Å²) in [6.07, 6.45) is 0. The summed E-state index contributed by atoms with van der Waals surface area (Å²) < 4.78 is 12.0. The predicted octanol–water partition coefficient (Wildman–Crippen LogP) is 4.77. The average molecular weight is 374 g/mol. The first-order valence-electron chi connectivity index (χ1n) is 7.80. The number of thioether (sulfide) groups is 1. The van der Waals surface area contributed by atoms with Crippen molar-refractivity contribution in [2.24, 2.45) is 0 Å². The molecule has 0 spiro atoms. The molecule has 7 heteroatoms. The molecule has 3 aromatic rings. The van der Waals surface area contributed by atoms with Crippen LogP contribution in [0.1, 0.15) is 5.56 Å². The maximum Gasteiger partial charge on any atom is 0.210 e. The molecule has 0 amide bonds. The molecule has 0 aliphatic heterocycles. The van der Waals surface area contributed by atoms with Crippen LogP contribution in [0.4, 0.5) is 10.8 Å². The Morgan fingerprint density at radius 2 is 1.88 bits per heavy atom. The molecule has 0 unspecified atom stereocenters. The highest BCUT2D eigenvalue weighted by molar-refractivity contribution is 8.01. The summed E-state index contributed by atoms with van der Waals surface area (Å²) in [6, 6.07) is 15.8. The van der Waals surface area contributed by atoms with Crippen LogP contribution in [0.25, 0.3) is 0 Å². The summed E-state index contributed by atoms with van der Waals surface area (Å²) in [7, 11) is 1.65. The molecule has 0 saturated heterocycles. The summed E-state index contributed by atoms with van der Waals surface area (Å²) >= 11 is 3.15. The molecule has 0 aliphatic rings. The van der Waals surface area contributed by atoms with E-state index in [2.05, 4.69) is 22.4 Å². The topological polar surface area (TPSA) is 56.3 Å². The van der Waals surface area contributed by atoms with E-state index >= 15 is 0 Å². The van der Waals surface area contributed by atoms with Gasteiger partial charge in [0.25, 0.3) is 0 Å². The van der Waals surface area contributed by atoms with E-state index in [4.69, 9.17) is 9.47 Å². The van der Waals surface area contributed by atoms with Gasteiger partial charge in [-0.2, -0.15) is 0 Å². The molecule has 0 atom stereocenters. The lowest BCUT2D eigenvalue weighted by Gasteiger charge is -2.07. The third-order valence-electron chi connectivity index (χ3n) is 3.35. The van der Waals surface area contributed by atoms with E-state index in [9.17, 15) is 0 Å². The number of aryl methyl sites for hydroxylation is 1. The van der Waals surface area contributed by atoms with Crippen LogP contribution in [0, 0.1) is 6.92 Å². The minimum absolute atomic E-state index is 0.628. The number of para-hydroxylation sites is 2. The summed E-state index contributed by atoms with van der Waals surface area (Å²) in [5.41, 5.74) is 2.10. The van der Waals surface area contributed by atoms with Crippen LogP contribution in [-0.4, -0.2) is 29.7 Å². The van der Waals surface area contributed by atoms with E-state index in [1.54, 1.807) is 18.9 Å². The zero-order valence-electron chi connectivity index (χ0n) is 14.1. The van der Waals surface area contributed by atoms with Crippen molar-refractivity contribution in [3.05, 3.63) is 54.1 Å². The van der Waals surface area contributed by atoms with Crippen molar-refractivity contribution in [2.45, 2.75) is 11.3 Å². The van der Waals surface area contributed by atoms with Crippen LogP contribution < -0.4 is 14.8 Å². The average Bonchev–Trinajstić information content (AvgIpc) is 3.08. The summed E-state index contributed by atoms with van der Waals surface area (Å²) in [5, 5.41) is 12.4. The maximum absolute atomic E-state index is 5.72. The number of hydrogen-bond donors (Lipinski definition) is 1. The minimum atomic E-state index is 0.628. The Morgan fingerprint density at radius 3 is 2.68 bits per heavy atom. The lowest BCUT2D eigenvalue weighted by molar-refractivity contribution is 0.344. The van der Waals surface area contributed by atoms with Gasteiger partial charge < -0.3 is 14.8 Å². The number of benzene rings is 2. The number of ether oxygens (including phenoxy) is 2.